The van der Waals surface area contributed by atoms with Crippen molar-refractivity contribution in [3.8, 4) is 5.75 Å². The van der Waals surface area contributed by atoms with Crippen LogP contribution in [0.3, 0.4) is 0 Å². The number of nitrogens with zero attached hydrogens (tertiary/aromatic N) is 1. The molecule has 2 heterocycles. The Hall–Kier alpha value is -5.62. The summed E-state index contributed by atoms with van der Waals surface area (Å²) in [7, 11) is 3.61. The molecule has 14 N–H and O–H groups in total. The molecule has 0 radical (unpaired) electrons. The van der Waals surface area contributed by atoms with Gasteiger partial charge < -0.3 is 64.5 Å². The van der Waals surface area contributed by atoms with Crippen molar-refractivity contribution in [2.24, 2.45) is 34.8 Å². The molecule has 24 heteroatoms. The molecule has 2 saturated heterocycles. The highest BCUT2D eigenvalue weighted by atomic mass is 33.1. The largest absolute Gasteiger partial charge is 0.497 e. The van der Waals surface area contributed by atoms with Gasteiger partial charge in [-0.3, -0.25) is 47.9 Å². The van der Waals surface area contributed by atoms with Crippen LogP contribution in [-0.4, -0.2) is 137 Å². The number of carbonyl (C=O) groups is 10. The van der Waals surface area contributed by atoms with E-state index >= 15 is 0 Å². The van der Waals surface area contributed by atoms with E-state index in [1.807, 2.05) is 13.8 Å². The number of carbonyl (C=O) groups excluding carboxylic acids is 10. The van der Waals surface area contributed by atoms with Gasteiger partial charge in [-0.1, -0.05) is 67.8 Å². The lowest BCUT2D eigenvalue weighted by atomic mass is 9.96. The molecule has 1 aromatic carbocycles. The van der Waals surface area contributed by atoms with Gasteiger partial charge >= 0.3 is 0 Å². The van der Waals surface area contributed by atoms with Gasteiger partial charge in [0.2, 0.25) is 59.1 Å². The summed E-state index contributed by atoms with van der Waals surface area (Å²) in [6.45, 7) is 7.24. The fourth-order valence-corrected chi connectivity index (χ4v) is 9.47. The van der Waals surface area contributed by atoms with Crippen LogP contribution >= 0.6 is 21.6 Å². The molecule has 2 fully saturated rings. The number of ether oxygens (including phenoxy) is 1. The number of primary amides is 3. The van der Waals surface area contributed by atoms with Crippen LogP contribution < -0.4 is 59.6 Å². The lowest BCUT2D eigenvalue weighted by Crippen LogP contribution is -2.61. The number of hydrogen-bond acceptors (Lipinski definition) is 14. The Labute approximate surface area is 391 Å². The molecule has 0 saturated carbocycles. The summed E-state index contributed by atoms with van der Waals surface area (Å²) in [6, 6.07) is -3.73. The number of rotatable bonds is 16. The lowest BCUT2D eigenvalue weighted by molar-refractivity contribution is -0.142. The molecule has 0 unspecified atom stereocenters. The van der Waals surface area contributed by atoms with E-state index < -0.39 is 126 Å². The van der Waals surface area contributed by atoms with Crippen LogP contribution in [0.4, 0.5) is 0 Å². The minimum atomic E-state index is -1.72. The Morgan fingerprint density at radius 2 is 1.41 bits per heavy atom. The molecule has 1 aromatic rings. The molecule has 22 nitrogen and oxygen atoms in total. The third kappa shape index (κ3) is 17.0. The molecular formula is C42H65N11O11S2. The van der Waals surface area contributed by atoms with Crippen LogP contribution in [0.15, 0.2) is 24.3 Å². The number of nitrogens with one attached hydrogen (secondary N) is 6. The van der Waals surface area contributed by atoms with Gasteiger partial charge in [0.25, 0.3) is 0 Å². The Morgan fingerprint density at radius 1 is 0.803 bits per heavy atom. The van der Waals surface area contributed by atoms with Crippen LogP contribution in [0.5, 0.6) is 5.75 Å². The van der Waals surface area contributed by atoms with Crippen molar-refractivity contribution in [1.29, 1.82) is 0 Å². The number of benzene rings is 1. The number of methoxy groups -OCH3 is 1. The van der Waals surface area contributed by atoms with Crippen molar-refractivity contribution >= 4 is 80.7 Å². The second-order valence-corrected chi connectivity index (χ2v) is 19.4. The second kappa shape index (κ2) is 26.5. The predicted octanol–water partition coefficient (Wildman–Crippen LogP) is -2.42. The Balaban J connectivity index is 2.06. The number of amides is 10. The van der Waals surface area contributed by atoms with Crippen LogP contribution in [0.2, 0.25) is 0 Å². The molecule has 3 rings (SSSR count). The van der Waals surface area contributed by atoms with Crippen LogP contribution in [0.25, 0.3) is 0 Å². The van der Waals surface area contributed by atoms with E-state index in [0.29, 0.717) is 24.2 Å². The SMILES string of the molecule is CC[C@H](C)[C@@H]1NC(=O)[C@H](Cc2ccc(OC)cc2)NC(=O)[C@@H](N)CSSC[C@@H](C(=O)N2CCC[C@H]2C(=O)N[C@@H](CC(C)C)C(N)=O)NC(=O)[C@H](CC(N)=O)NC(=O)[C@H](CCC(N)=O)NC1=O. The molecule has 0 bridgehead atoms. The minimum absolute atomic E-state index is 0.000273. The van der Waals surface area contributed by atoms with E-state index in [-0.39, 0.29) is 49.7 Å². The smallest absolute Gasteiger partial charge is 0.246 e. The standard InChI is InChI=1S/C42H65N11O11S2/c1-6-22(4)34-41(62)47-26(13-14-32(44)54)37(58)50-29(18-33(45)55)38(59)51-30(42(63)53-15-7-8-31(53)40(61)48-27(35(46)56)16-21(2)3)20-66-65-19-25(43)36(57)49-28(39(60)52-34)17-23-9-11-24(64-5)12-10-23/h9-12,21-22,25-31,34H,6-8,13-20,43H2,1-5H3,(H2,44,54)(H2,45,55)(H2,46,56)(H,47,62)(H,48,61)(H,49,57)(H,50,58)(H,51,59)(H,52,60)/t22-,25-,26-,27-,28-,29-,30-,31-,34-/m0/s1. The Kier molecular flexibility index (Phi) is 22.0. The molecule has 0 aromatic heterocycles. The topological polar surface area (TPSA) is 359 Å². The summed E-state index contributed by atoms with van der Waals surface area (Å²) in [4.78, 5) is 135. The average molecular weight is 964 g/mol. The van der Waals surface area contributed by atoms with E-state index in [1.54, 1.807) is 38.1 Å². The molecule has 10 amide bonds. The molecule has 0 aliphatic carbocycles. The van der Waals surface area contributed by atoms with E-state index in [9.17, 15) is 47.9 Å². The zero-order chi connectivity index (χ0) is 49.2. The van der Waals surface area contributed by atoms with Crippen LogP contribution in [-0.2, 0) is 54.4 Å². The quantitative estimate of drug-likeness (QED) is 0.0772. The van der Waals surface area contributed by atoms with Gasteiger partial charge in [-0.25, -0.2) is 0 Å². The molecule has 9 atom stereocenters. The zero-order valence-electron chi connectivity index (χ0n) is 37.9. The molecule has 366 valence electrons. The molecule has 0 spiro atoms. The van der Waals surface area contributed by atoms with Crippen molar-refractivity contribution in [1.82, 2.24) is 36.8 Å². The van der Waals surface area contributed by atoms with E-state index in [4.69, 9.17) is 27.7 Å². The van der Waals surface area contributed by atoms with E-state index in [0.717, 1.165) is 21.6 Å². The van der Waals surface area contributed by atoms with E-state index in [2.05, 4.69) is 31.9 Å². The highest BCUT2D eigenvalue weighted by molar-refractivity contribution is 8.76. The maximum atomic E-state index is 14.4. The highest BCUT2D eigenvalue weighted by Crippen LogP contribution is 2.26. The first-order valence-corrected chi connectivity index (χ1v) is 24.3. The highest BCUT2D eigenvalue weighted by Gasteiger charge is 2.40. The Bertz CT molecular complexity index is 1930. The average Bonchev–Trinajstić information content (AvgIpc) is 3.76. The van der Waals surface area contributed by atoms with Crippen molar-refractivity contribution in [3.05, 3.63) is 29.8 Å². The minimum Gasteiger partial charge on any atom is -0.497 e. The normalized spacial score (nSPS) is 24.9. The fourth-order valence-electron chi connectivity index (χ4n) is 7.19. The van der Waals surface area contributed by atoms with Crippen LogP contribution in [0.1, 0.15) is 78.2 Å². The van der Waals surface area contributed by atoms with Gasteiger partial charge in [0.15, 0.2) is 0 Å². The van der Waals surface area contributed by atoms with Crippen LogP contribution in [0, 0.1) is 11.8 Å². The van der Waals surface area contributed by atoms with Crippen molar-refractivity contribution < 1.29 is 52.7 Å². The van der Waals surface area contributed by atoms with Gasteiger partial charge in [0.1, 0.15) is 48.0 Å². The van der Waals surface area contributed by atoms with Crippen molar-refractivity contribution in [3.63, 3.8) is 0 Å². The third-order valence-electron chi connectivity index (χ3n) is 11.1. The van der Waals surface area contributed by atoms with Gasteiger partial charge in [-0.2, -0.15) is 0 Å². The maximum Gasteiger partial charge on any atom is 0.246 e. The first-order valence-electron chi connectivity index (χ1n) is 21.8. The summed E-state index contributed by atoms with van der Waals surface area (Å²) >= 11 is 0. The first kappa shape index (κ1) is 54.7. The first-order chi connectivity index (χ1) is 31.1. The molecular weight excluding hydrogens is 899 g/mol. The molecule has 2 aliphatic heterocycles. The third-order valence-corrected chi connectivity index (χ3v) is 13.5. The zero-order valence-corrected chi connectivity index (χ0v) is 39.6. The summed E-state index contributed by atoms with van der Waals surface area (Å²) in [5.74, 6) is -8.54. The summed E-state index contributed by atoms with van der Waals surface area (Å²) < 4.78 is 5.24. The number of hydrogen-bond donors (Lipinski definition) is 10. The van der Waals surface area contributed by atoms with Gasteiger partial charge in [0, 0.05) is 30.9 Å². The molecule has 2 aliphatic rings. The summed E-state index contributed by atoms with van der Waals surface area (Å²) in [5, 5.41) is 15.6. The monoisotopic (exact) mass is 963 g/mol. The maximum absolute atomic E-state index is 14.4. The lowest BCUT2D eigenvalue weighted by Gasteiger charge is -2.31. The number of likely N-dealkylation sites (tertiary alicyclic amines) is 1. The second-order valence-electron chi connectivity index (χ2n) is 16.8. The van der Waals surface area contributed by atoms with Crippen molar-refractivity contribution in [2.45, 2.75) is 127 Å². The number of nitrogens with two attached hydrogens (primary N) is 4. The van der Waals surface area contributed by atoms with Gasteiger partial charge in [-0.05, 0) is 55.2 Å². The molecule has 66 heavy (non-hydrogen) atoms. The van der Waals surface area contributed by atoms with Gasteiger partial charge in [0.05, 0.1) is 19.6 Å². The fraction of sp³-hybridized carbons (Fsp3) is 0.619. The summed E-state index contributed by atoms with van der Waals surface area (Å²) in [5.41, 5.74) is 23.4. The van der Waals surface area contributed by atoms with Gasteiger partial charge in [-0.15, -0.1) is 0 Å². The van der Waals surface area contributed by atoms with E-state index in [1.165, 1.54) is 12.0 Å². The van der Waals surface area contributed by atoms with Crippen molar-refractivity contribution in [2.75, 3.05) is 25.2 Å². The Morgan fingerprint density at radius 3 is 2.00 bits per heavy atom. The summed E-state index contributed by atoms with van der Waals surface area (Å²) in [6.07, 6.45) is -0.327. The predicted molar refractivity (Wildman–Crippen MR) is 246 cm³/mol.